The van der Waals surface area contributed by atoms with E-state index in [-0.39, 0.29) is 16.4 Å². The quantitative estimate of drug-likeness (QED) is 0.689. The molecule has 0 saturated heterocycles. The number of fused-ring (bicyclic) bond motifs is 1. The van der Waals surface area contributed by atoms with Gasteiger partial charge in [0, 0.05) is 6.07 Å². The summed E-state index contributed by atoms with van der Waals surface area (Å²) in [6.45, 7) is 3.45. The molecule has 1 aliphatic rings. The van der Waals surface area contributed by atoms with Gasteiger partial charge in [-0.15, -0.1) is 0 Å². The van der Waals surface area contributed by atoms with E-state index in [2.05, 4.69) is 16.6 Å². The van der Waals surface area contributed by atoms with Gasteiger partial charge in [-0.25, -0.2) is 13.0 Å². The van der Waals surface area contributed by atoms with Gasteiger partial charge in [-0.1, -0.05) is 6.58 Å². The van der Waals surface area contributed by atoms with Gasteiger partial charge in [0.15, 0.2) is 16.8 Å². The van der Waals surface area contributed by atoms with Crippen LogP contribution in [0.4, 0.5) is 14.5 Å². The molecule has 0 amide bonds. The van der Waals surface area contributed by atoms with Crippen LogP contribution in [0.1, 0.15) is 0 Å². The van der Waals surface area contributed by atoms with Crippen molar-refractivity contribution in [2.75, 3.05) is 5.32 Å². The Bertz CT molecular complexity index is 447. The molecule has 0 bridgehead atoms. The maximum atomic E-state index is 13.2. The molecule has 0 fully saturated rings. The zero-order valence-corrected chi connectivity index (χ0v) is 7.75. The Hall–Kier alpha value is -1.43. The summed E-state index contributed by atoms with van der Waals surface area (Å²) in [6, 6.07) is 1.74. The molecule has 1 heterocycles. The van der Waals surface area contributed by atoms with Crippen LogP contribution in [-0.4, -0.2) is 4.21 Å². The van der Waals surface area contributed by atoms with Gasteiger partial charge in [0.1, 0.15) is 11.6 Å². The van der Waals surface area contributed by atoms with Crippen LogP contribution < -0.4 is 10.0 Å². The van der Waals surface area contributed by atoms with Crippen LogP contribution in [0.15, 0.2) is 29.4 Å². The molecule has 1 aromatic rings. The number of rotatable bonds is 0. The van der Waals surface area contributed by atoms with Crippen LogP contribution in [-0.2, 0) is 11.0 Å². The molecule has 1 aromatic carbocycles. The lowest BCUT2D eigenvalue weighted by molar-refractivity contribution is 0.577. The standard InChI is InChI=1S/C8H6F2N2OS/c1-4-11-8-6(10)2-5(9)3-7(8)14(13)12-4/h2-3,11-12H,1H2. The monoisotopic (exact) mass is 216 g/mol. The minimum absolute atomic E-state index is 0.00785. The molecule has 1 unspecified atom stereocenters. The lowest BCUT2D eigenvalue weighted by atomic mass is 10.3. The zero-order valence-electron chi connectivity index (χ0n) is 6.93. The number of benzene rings is 1. The largest absolute Gasteiger partial charge is 0.338 e. The Balaban J connectivity index is 2.64. The molecule has 1 atom stereocenters. The first kappa shape index (κ1) is 9.14. The SMILES string of the molecule is C=C1Nc2c(F)cc(F)cc2S(=O)N1. The molecule has 14 heavy (non-hydrogen) atoms. The van der Waals surface area contributed by atoms with E-state index in [9.17, 15) is 13.0 Å². The predicted octanol–water partition coefficient (Wildman–Crippen LogP) is 1.47. The molecule has 2 N–H and O–H groups in total. The van der Waals surface area contributed by atoms with Gasteiger partial charge in [-0.05, 0) is 6.07 Å². The van der Waals surface area contributed by atoms with Gasteiger partial charge in [0.05, 0.1) is 10.6 Å². The number of hydrogen-bond donors (Lipinski definition) is 2. The second kappa shape index (κ2) is 3.06. The minimum Gasteiger partial charge on any atom is -0.338 e. The van der Waals surface area contributed by atoms with E-state index in [0.29, 0.717) is 0 Å². The number of anilines is 1. The topological polar surface area (TPSA) is 41.1 Å². The minimum atomic E-state index is -1.66. The van der Waals surface area contributed by atoms with E-state index < -0.39 is 22.6 Å². The van der Waals surface area contributed by atoms with Gasteiger partial charge < -0.3 is 5.32 Å². The van der Waals surface area contributed by atoms with Crippen molar-refractivity contribution in [3.8, 4) is 0 Å². The Kier molecular flexibility index (Phi) is 1.99. The predicted molar refractivity (Wildman–Crippen MR) is 48.7 cm³/mol. The third-order valence-electron chi connectivity index (χ3n) is 1.71. The number of halogens is 2. The number of hydrogen-bond acceptors (Lipinski definition) is 2. The average Bonchev–Trinajstić information content (AvgIpc) is 2.07. The highest BCUT2D eigenvalue weighted by Crippen LogP contribution is 2.28. The molecule has 1 aliphatic heterocycles. The Labute approximate surface area is 81.4 Å². The van der Waals surface area contributed by atoms with E-state index in [1.807, 2.05) is 0 Å². The summed E-state index contributed by atoms with van der Waals surface area (Å²) in [7, 11) is -1.66. The summed E-state index contributed by atoms with van der Waals surface area (Å²) >= 11 is 0. The summed E-state index contributed by atoms with van der Waals surface area (Å²) in [6.07, 6.45) is 0. The molecule has 6 heteroatoms. The lowest BCUT2D eigenvalue weighted by Crippen LogP contribution is -2.28. The third kappa shape index (κ3) is 1.37. The average molecular weight is 216 g/mol. The highest BCUT2D eigenvalue weighted by molar-refractivity contribution is 7.83. The van der Waals surface area contributed by atoms with E-state index in [1.54, 1.807) is 0 Å². The van der Waals surface area contributed by atoms with Crippen LogP contribution in [0.5, 0.6) is 0 Å². The molecule has 0 aromatic heterocycles. The summed E-state index contributed by atoms with van der Waals surface area (Å²) in [5, 5.41) is 2.55. The van der Waals surface area contributed by atoms with E-state index >= 15 is 0 Å². The molecule has 3 nitrogen and oxygen atoms in total. The maximum Gasteiger partial charge on any atom is 0.153 e. The summed E-state index contributed by atoms with van der Waals surface area (Å²) in [4.78, 5) is 0.0508. The molecule has 0 aliphatic carbocycles. The first-order chi connectivity index (χ1) is 6.58. The van der Waals surface area contributed by atoms with Gasteiger partial charge in [0.25, 0.3) is 0 Å². The van der Waals surface area contributed by atoms with Crippen molar-refractivity contribution < 1.29 is 13.0 Å². The van der Waals surface area contributed by atoms with Crippen molar-refractivity contribution in [2.45, 2.75) is 4.90 Å². The van der Waals surface area contributed by atoms with E-state index in [4.69, 9.17) is 0 Å². The smallest absolute Gasteiger partial charge is 0.153 e. The van der Waals surface area contributed by atoms with Crippen molar-refractivity contribution >= 4 is 16.7 Å². The first-order valence-corrected chi connectivity index (χ1v) is 4.86. The summed E-state index contributed by atoms with van der Waals surface area (Å²) in [5.41, 5.74) is 0.00785. The van der Waals surface area contributed by atoms with Crippen LogP contribution in [0.25, 0.3) is 0 Å². The van der Waals surface area contributed by atoms with Crippen molar-refractivity contribution in [1.29, 1.82) is 0 Å². The lowest BCUT2D eigenvalue weighted by Gasteiger charge is -2.20. The fourth-order valence-corrected chi connectivity index (χ4v) is 2.10. The van der Waals surface area contributed by atoms with Crippen molar-refractivity contribution in [1.82, 2.24) is 4.72 Å². The molecule has 74 valence electrons. The Morgan fingerprint density at radius 2 is 2.07 bits per heavy atom. The Morgan fingerprint density at radius 3 is 2.79 bits per heavy atom. The highest BCUT2D eigenvalue weighted by Gasteiger charge is 2.21. The molecule has 2 rings (SSSR count). The van der Waals surface area contributed by atoms with Crippen molar-refractivity contribution in [3.63, 3.8) is 0 Å². The van der Waals surface area contributed by atoms with Crippen LogP contribution in [0.3, 0.4) is 0 Å². The van der Waals surface area contributed by atoms with Crippen LogP contribution in [0, 0.1) is 11.6 Å². The van der Waals surface area contributed by atoms with Crippen molar-refractivity contribution in [2.24, 2.45) is 0 Å². The molecular weight excluding hydrogens is 210 g/mol. The fourth-order valence-electron chi connectivity index (χ4n) is 1.16. The van der Waals surface area contributed by atoms with E-state index in [0.717, 1.165) is 12.1 Å². The zero-order chi connectivity index (χ0) is 10.3. The summed E-state index contributed by atoms with van der Waals surface area (Å²) < 4.78 is 39.7. The van der Waals surface area contributed by atoms with Gasteiger partial charge in [-0.2, -0.15) is 0 Å². The molecular formula is C8H6F2N2OS. The van der Waals surface area contributed by atoms with E-state index in [1.165, 1.54) is 0 Å². The third-order valence-corrected chi connectivity index (χ3v) is 2.86. The second-order valence-corrected chi connectivity index (χ2v) is 3.92. The first-order valence-electron chi connectivity index (χ1n) is 3.71. The van der Waals surface area contributed by atoms with Crippen molar-refractivity contribution in [3.05, 3.63) is 36.2 Å². The highest BCUT2D eigenvalue weighted by atomic mass is 32.2. The summed E-state index contributed by atoms with van der Waals surface area (Å²) in [5.74, 6) is -1.32. The van der Waals surface area contributed by atoms with Gasteiger partial charge >= 0.3 is 0 Å². The maximum absolute atomic E-state index is 13.2. The second-order valence-electron chi connectivity index (χ2n) is 2.74. The van der Waals surface area contributed by atoms with Gasteiger partial charge in [-0.3, -0.25) is 4.72 Å². The molecule has 0 radical (unpaired) electrons. The number of nitrogens with one attached hydrogen (secondary N) is 2. The van der Waals surface area contributed by atoms with Crippen LogP contribution in [0.2, 0.25) is 0 Å². The van der Waals surface area contributed by atoms with Crippen LogP contribution >= 0.6 is 0 Å². The molecule has 0 spiro atoms. The fraction of sp³-hybridized carbons (Fsp3) is 0. The normalized spacial score (nSPS) is 19.6. The molecule has 0 saturated carbocycles. The Morgan fingerprint density at radius 1 is 1.36 bits per heavy atom. The van der Waals surface area contributed by atoms with Gasteiger partial charge in [0.2, 0.25) is 0 Å².